The molecule has 1 aliphatic rings. The van der Waals surface area contributed by atoms with Crippen LogP contribution < -0.4 is 10.2 Å². The summed E-state index contributed by atoms with van der Waals surface area (Å²) in [5.74, 6) is 1.44. The van der Waals surface area contributed by atoms with Gasteiger partial charge >= 0.3 is 0 Å². The lowest BCUT2D eigenvalue weighted by Crippen LogP contribution is -2.05. The Morgan fingerprint density at radius 2 is 2.00 bits per heavy atom. The molecule has 98 valence electrons. The molecule has 0 aliphatic heterocycles. The van der Waals surface area contributed by atoms with E-state index in [1.165, 1.54) is 0 Å². The number of fused-ring (bicyclic) bond motifs is 4. The van der Waals surface area contributed by atoms with Crippen molar-refractivity contribution in [3.63, 3.8) is 0 Å². The molecule has 0 radical (unpaired) electrons. The summed E-state index contributed by atoms with van der Waals surface area (Å²) in [6.07, 6.45) is 0.675. The van der Waals surface area contributed by atoms with E-state index in [4.69, 9.17) is 9.15 Å². The van der Waals surface area contributed by atoms with Gasteiger partial charge in [0.15, 0.2) is 0 Å². The van der Waals surface area contributed by atoms with E-state index in [1.54, 1.807) is 25.3 Å². The summed E-state index contributed by atoms with van der Waals surface area (Å²) in [6, 6.07) is 13.3. The second-order valence-corrected chi connectivity index (χ2v) is 4.93. The predicted molar refractivity (Wildman–Crippen MR) is 77.3 cm³/mol. The zero-order valence-electron chi connectivity index (χ0n) is 11.0. The molecule has 3 aromatic rings. The maximum absolute atomic E-state index is 12.7. The Bertz CT molecular complexity index is 890. The highest BCUT2D eigenvalue weighted by Crippen LogP contribution is 2.36. The maximum Gasteiger partial charge on any atom is 0.200 e. The van der Waals surface area contributed by atoms with Gasteiger partial charge in [0, 0.05) is 12.5 Å². The third-order valence-electron chi connectivity index (χ3n) is 3.81. The SMILES string of the molecule is COc1ccc2c(=O)c3c(oc2c1)Cc1ccccc1-3. The molecule has 3 nitrogen and oxygen atoms in total. The minimum absolute atomic E-state index is 0.0360. The normalized spacial score (nSPS) is 12.2. The fourth-order valence-corrected chi connectivity index (χ4v) is 2.84. The Labute approximate surface area is 115 Å². The average molecular weight is 264 g/mol. The van der Waals surface area contributed by atoms with E-state index in [-0.39, 0.29) is 5.43 Å². The van der Waals surface area contributed by atoms with Crippen LogP contribution in [0.25, 0.3) is 22.1 Å². The molecule has 0 atom stereocenters. The first-order chi connectivity index (χ1) is 9.78. The van der Waals surface area contributed by atoms with Gasteiger partial charge in [-0.1, -0.05) is 24.3 Å². The number of ether oxygens (including phenoxy) is 1. The van der Waals surface area contributed by atoms with E-state index >= 15 is 0 Å². The summed E-state index contributed by atoms with van der Waals surface area (Å²) < 4.78 is 11.1. The third-order valence-corrected chi connectivity index (χ3v) is 3.81. The Kier molecular flexibility index (Phi) is 2.24. The molecule has 0 bridgehead atoms. The summed E-state index contributed by atoms with van der Waals surface area (Å²) >= 11 is 0. The van der Waals surface area contributed by atoms with Crippen molar-refractivity contribution < 1.29 is 9.15 Å². The van der Waals surface area contributed by atoms with Crippen LogP contribution in [-0.4, -0.2) is 7.11 Å². The molecule has 1 aliphatic carbocycles. The first-order valence-electron chi connectivity index (χ1n) is 6.50. The highest BCUT2D eigenvalue weighted by atomic mass is 16.5. The first kappa shape index (κ1) is 11.3. The van der Waals surface area contributed by atoms with Gasteiger partial charge < -0.3 is 9.15 Å². The van der Waals surface area contributed by atoms with Crippen LogP contribution in [0.1, 0.15) is 11.3 Å². The van der Waals surface area contributed by atoms with Gasteiger partial charge in [-0.15, -0.1) is 0 Å². The van der Waals surface area contributed by atoms with Crippen molar-refractivity contribution in [3.05, 3.63) is 64.0 Å². The van der Waals surface area contributed by atoms with Gasteiger partial charge in [0.25, 0.3) is 0 Å². The fourth-order valence-electron chi connectivity index (χ4n) is 2.84. The molecule has 0 fully saturated rings. The van der Waals surface area contributed by atoms with Crippen molar-refractivity contribution >= 4 is 11.0 Å². The van der Waals surface area contributed by atoms with Gasteiger partial charge in [-0.2, -0.15) is 0 Å². The number of rotatable bonds is 1. The largest absolute Gasteiger partial charge is 0.497 e. The summed E-state index contributed by atoms with van der Waals surface area (Å²) in [5.41, 5.74) is 3.47. The average Bonchev–Trinajstić information content (AvgIpc) is 2.85. The van der Waals surface area contributed by atoms with Crippen molar-refractivity contribution in [2.75, 3.05) is 7.11 Å². The second-order valence-electron chi connectivity index (χ2n) is 4.93. The molecule has 1 aromatic heterocycles. The van der Waals surface area contributed by atoms with Crippen LogP contribution in [0.3, 0.4) is 0 Å². The van der Waals surface area contributed by atoms with Crippen LogP contribution in [0, 0.1) is 0 Å². The van der Waals surface area contributed by atoms with Gasteiger partial charge in [-0.25, -0.2) is 0 Å². The molecule has 20 heavy (non-hydrogen) atoms. The van der Waals surface area contributed by atoms with Crippen molar-refractivity contribution in [1.29, 1.82) is 0 Å². The summed E-state index contributed by atoms with van der Waals surface area (Å²) in [4.78, 5) is 12.7. The van der Waals surface area contributed by atoms with E-state index in [1.807, 2.05) is 24.3 Å². The number of benzene rings is 2. The van der Waals surface area contributed by atoms with Crippen LogP contribution in [0.5, 0.6) is 5.75 Å². The molecule has 3 heteroatoms. The quantitative estimate of drug-likeness (QED) is 0.529. The summed E-state index contributed by atoms with van der Waals surface area (Å²) in [7, 11) is 1.60. The summed E-state index contributed by atoms with van der Waals surface area (Å²) in [5, 5.41) is 0.598. The predicted octanol–water partition coefficient (Wildman–Crippen LogP) is 3.37. The number of methoxy groups -OCH3 is 1. The minimum atomic E-state index is 0.0360. The second kappa shape index (κ2) is 3.97. The van der Waals surface area contributed by atoms with Crippen molar-refractivity contribution in [3.8, 4) is 16.9 Å². The number of hydrogen-bond acceptors (Lipinski definition) is 3. The smallest absolute Gasteiger partial charge is 0.200 e. The van der Waals surface area contributed by atoms with E-state index in [0.717, 1.165) is 16.9 Å². The molecule has 1 heterocycles. The van der Waals surface area contributed by atoms with E-state index in [0.29, 0.717) is 28.7 Å². The molecule has 0 spiro atoms. The van der Waals surface area contributed by atoms with Crippen LogP contribution in [0.4, 0.5) is 0 Å². The molecule has 0 N–H and O–H groups in total. The first-order valence-corrected chi connectivity index (χ1v) is 6.50. The topological polar surface area (TPSA) is 39.4 Å². The molecule has 2 aromatic carbocycles. The Balaban J connectivity index is 2.08. The monoisotopic (exact) mass is 264 g/mol. The highest BCUT2D eigenvalue weighted by Gasteiger charge is 2.24. The Morgan fingerprint density at radius 1 is 1.15 bits per heavy atom. The molecule has 0 saturated heterocycles. The maximum atomic E-state index is 12.7. The van der Waals surface area contributed by atoms with Gasteiger partial charge in [-0.05, 0) is 23.3 Å². The van der Waals surface area contributed by atoms with Gasteiger partial charge in [-0.3, -0.25) is 4.79 Å². The fraction of sp³-hybridized carbons (Fsp3) is 0.118. The zero-order chi connectivity index (χ0) is 13.7. The van der Waals surface area contributed by atoms with Crippen molar-refractivity contribution in [1.82, 2.24) is 0 Å². The number of hydrogen-bond donors (Lipinski definition) is 0. The lowest BCUT2D eigenvalue weighted by molar-refractivity contribution is 0.414. The lowest BCUT2D eigenvalue weighted by Gasteiger charge is -2.04. The van der Waals surface area contributed by atoms with E-state index < -0.39 is 0 Å². The molecule has 4 rings (SSSR count). The summed E-state index contributed by atoms with van der Waals surface area (Å²) in [6.45, 7) is 0. The van der Waals surface area contributed by atoms with Gasteiger partial charge in [0.1, 0.15) is 17.1 Å². The molecule has 0 unspecified atom stereocenters. The molecular weight excluding hydrogens is 252 g/mol. The van der Waals surface area contributed by atoms with E-state index in [2.05, 4.69) is 0 Å². The molecule has 0 amide bonds. The van der Waals surface area contributed by atoms with Gasteiger partial charge in [0.05, 0.1) is 18.1 Å². The van der Waals surface area contributed by atoms with Crippen LogP contribution >= 0.6 is 0 Å². The Hall–Kier alpha value is -2.55. The lowest BCUT2D eigenvalue weighted by atomic mass is 10.1. The molecule has 0 saturated carbocycles. The van der Waals surface area contributed by atoms with Crippen LogP contribution in [0.2, 0.25) is 0 Å². The standard InChI is InChI=1S/C17H12O3/c1-19-11-6-7-13-14(9-11)20-15-8-10-4-2-3-5-12(10)16(15)17(13)18/h2-7,9H,8H2,1H3. The van der Waals surface area contributed by atoms with Gasteiger partial charge in [0.2, 0.25) is 5.43 Å². The van der Waals surface area contributed by atoms with E-state index in [9.17, 15) is 4.79 Å². The third kappa shape index (κ3) is 1.43. The Morgan fingerprint density at radius 3 is 2.85 bits per heavy atom. The molecular formula is C17H12O3. The minimum Gasteiger partial charge on any atom is -0.497 e. The van der Waals surface area contributed by atoms with Crippen LogP contribution in [0.15, 0.2) is 51.7 Å². The zero-order valence-corrected chi connectivity index (χ0v) is 11.0. The van der Waals surface area contributed by atoms with Crippen molar-refractivity contribution in [2.24, 2.45) is 0 Å². The van der Waals surface area contributed by atoms with Crippen LogP contribution in [-0.2, 0) is 6.42 Å². The van der Waals surface area contributed by atoms with Crippen molar-refractivity contribution in [2.45, 2.75) is 6.42 Å². The highest BCUT2D eigenvalue weighted by molar-refractivity contribution is 5.86.